The minimum atomic E-state index is -0.180. The van der Waals surface area contributed by atoms with Crippen molar-refractivity contribution in [1.29, 1.82) is 15.8 Å². The molecule has 528 valence electrons. The van der Waals surface area contributed by atoms with Crippen molar-refractivity contribution in [2.75, 3.05) is 0 Å². The predicted molar refractivity (Wildman–Crippen MR) is 472 cm³/mol. The molecule has 0 unspecified atom stereocenters. The summed E-state index contributed by atoms with van der Waals surface area (Å²) in [5, 5.41) is 48.6. The van der Waals surface area contributed by atoms with Gasteiger partial charge in [-0.3, -0.25) is 0 Å². The average molecular weight is 1490 g/mol. The van der Waals surface area contributed by atoms with E-state index in [0.717, 1.165) is 127 Å². The van der Waals surface area contributed by atoms with Gasteiger partial charge < -0.3 is 22.7 Å². The molecule has 0 saturated carbocycles. The molecule has 0 spiro atoms. The normalized spacial score (nSPS) is 12.5. The molecule has 114 heavy (non-hydrogen) atoms. The van der Waals surface area contributed by atoms with Gasteiger partial charge in [-0.25, -0.2) is 4.85 Å². The van der Waals surface area contributed by atoms with Gasteiger partial charge in [0.1, 0.15) is 17.2 Å². The number of nitriles is 3. The number of furan rings is 1. The summed E-state index contributed by atoms with van der Waals surface area (Å²) in [6.45, 7) is 12.9. The Hall–Kier alpha value is -15.1. The smallest absolute Gasteiger partial charge is 0.210 e. The second-order valence-corrected chi connectivity index (χ2v) is 32.2. The molecule has 0 radical (unpaired) electrons. The molecule has 0 aliphatic heterocycles. The van der Waals surface area contributed by atoms with Crippen molar-refractivity contribution in [2.24, 2.45) is 0 Å². The molecule has 1 aliphatic rings. The van der Waals surface area contributed by atoms with Crippen LogP contribution < -0.4 is 0 Å². The Labute approximate surface area is 660 Å². The van der Waals surface area contributed by atoms with Crippen LogP contribution in [0.2, 0.25) is 0 Å². The lowest BCUT2D eigenvalue weighted by Gasteiger charge is -2.22. The van der Waals surface area contributed by atoms with Crippen LogP contribution in [0.5, 0.6) is 0 Å². The maximum absolute atomic E-state index is 10.8. The molecular formula is C103H58N8OS2. The molecule has 23 aromatic rings. The van der Waals surface area contributed by atoms with E-state index in [0.29, 0.717) is 22.4 Å². The Morgan fingerprint density at radius 1 is 0.325 bits per heavy atom. The van der Waals surface area contributed by atoms with Crippen LogP contribution in [-0.4, -0.2) is 18.3 Å². The van der Waals surface area contributed by atoms with Gasteiger partial charge in [0, 0.05) is 117 Å². The van der Waals surface area contributed by atoms with Crippen LogP contribution in [0.4, 0.5) is 5.69 Å². The zero-order chi connectivity index (χ0) is 75.9. The zero-order valence-corrected chi connectivity index (χ0v) is 63.0. The first-order chi connectivity index (χ1) is 56.2. The second-order valence-electron chi connectivity index (χ2n) is 30.1. The van der Waals surface area contributed by atoms with Crippen molar-refractivity contribution in [1.82, 2.24) is 18.3 Å². The van der Waals surface area contributed by atoms with Gasteiger partial charge in [0.25, 0.3) is 0 Å². The van der Waals surface area contributed by atoms with Crippen molar-refractivity contribution in [3.8, 4) is 74.3 Å². The van der Waals surface area contributed by atoms with E-state index in [1.54, 1.807) is 0 Å². The van der Waals surface area contributed by atoms with Crippen LogP contribution in [0, 0.1) is 40.6 Å². The topological polar surface area (TPSA) is 109 Å². The molecule has 11 heteroatoms. The molecular weight excluding hydrogens is 1430 g/mol. The number of thiophene rings is 2. The summed E-state index contributed by atoms with van der Waals surface area (Å²) in [4.78, 5) is 4.02. The van der Waals surface area contributed by atoms with Crippen molar-refractivity contribution in [3.63, 3.8) is 0 Å². The Morgan fingerprint density at radius 3 is 1.46 bits per heavy atom. The highest BCUT2D eigenvalue weighted by molar-refractivity contribution is 7.27. The van der Waals surface area contributed by atoms with Crippen LogP contribution >= 0.6 is 22.7 Å². The third kappa shape index (κ3) is 9.11. The molecule has 0 amide bonds. The summed E-state index contributed by atoms with van der Waals surface area (Å²) in [5.74, 6) is 0. The average Bonchev–Trinajstić information content (AvgIpc) is 1.55. The fourth-order valence-corrected chi connectivity index (χ4v) is 21.6. The summed E-state index contributed by atoms with van der Waals surface area (Å²) in [6, 6.07) is 117. The Bertz CT molecular complexity index is 8420. The number of hydrogen-bond donors (Lipinski definition) is 0. The molecule has 0 saturated heterocycles. The van der Waals surface area contributed by atoms with Crippen LogP contribution in [0.15, 0.2) is 320 Å². The van der Waals surface area contributed by atoms with Gasteiger partial charge in [0.05, 0.1) is 90.9 Å². The molecule has 0 N–H and O–H groups in total. The number of para-hydroxylation sites is 5. The van der Waals surface area contributed by atoms with Crippen molar-refractivity contribution in [2.45, 2.75) is 19.3 Å². The Kier molecular flexibility index (Phi) is 13.9. The van der Waals surface area contributed by atoms with E-state index >= 15 is 0 Å². The quantitative estimate of drug-likeness (QED) is 0.155. The molecule has 7 aromatic heterocycles. The van der Waals surface area contributed by atoms with E-state index in [2.05, 4.69) is 292 Å². The molecule has 0 atom stereocenters. The highest BCUT2D eigenvalue weighted by Crippen LogP contribution is 2.55. The predicted octanol–water partition coefficient (Wildman–Crippen LogP) is 28.2. The summed E-state index contributed by atoms with van der Waals surface area (Å²) in [7, 11) is 0. The number of nitrogens with zero attached hydrogens (tertiary/aromatic N) is 8. The summed E-state index contributed by atoms with van der Waals surface area (Å²) >= 11 is 3.66. The summed E-state index contributed by atoms with van der Waals surface area (Å²) < 4.78 is 20.4. The summed E-state index contributed by atoms with van der Waals surface area (Å²) in [5.41, 5.74) is 24.3. The molecule has 7 heterocycles. The van der Waals surface area contributed by atoms with E-state index in [1.165, 1.54) is 89.5 Å². The number of rotatable bonds is 6. The lowest BCUT2D eigenvalue weighted by atomic mass is 9.80. The number of hydrogen-bond acceptors (Lipinski definition) is 6. The van der Waals surface area contributed by atoms with Gasteiger partial charge in [0.2, 0.25) is 5.69 Å². The van der Waals surface area contributed by atoms with E-state index in [4.69, 9.17) is 11.0 Å². The summed E-state index contributed by atoms with van der Waals surface area (Å²) in [6.07, 6.45) is 0. The monoisotopic (exact) mass is 1490 g/mol. The molecule has 9 nitrogen and oxygen atoms in total. The lowest BCUT2D eigenvalue weighted by molar-refractivity contribution is 0.666. The lowest BCUT2D eigenvalue weighted by Crippen LogP contribution is -2.15. The highest BCUT2D eigenvalue weighted by atomic mass is 32.1. The van der Waals surface area contributed by atoms with Crippen molar-refractivity contribution < 1.29 is 4.42 Å². The van der Waals surface area contributed by atoms with Crippen LogP contribution in [-0.2, 0) is 5.41 Å². The van der Waals surface area contributed by atoms with Crippen LogP contribution in [0.25, 0.3) is 210 Å². The zero-order valence-electron chi connectivity index (χ0n) is 61.3. The fourth-order valence-electron chi connectivity index (χ4n) is 19.1. The molecule has 24 rings (SSSR count). The first-order valence-corrected chi connectivity index (χ1v) is 39.6. The molecule has 1 aliphatic carbocycles. The SMILES string of the molecule is CC1(C)c2ccccc2-c2ccc3c(c21)c1ccccc1n3-c1ccc(C#N)c(-c2ccc(-n3c4ccccc4c4c5c(ccc43)oc3ccccc35)c(C#N)c2)c1.[C-]#[N+]c1ccc(-c2ccc(-n3c4ccccc4c4c5sc6ccccc6c5ccc43)cc2C#N)cc1-n1c2ccccc2c2c3sc4ccccc4c3ccc21. The molecule has 0 bridgehead atoms. The standard InChI is InChI=1S/C53H32N4O.C50H26N4S2/c1-53(2)41-15-7-3-11-35(41)36-22-24-46-50(52(36)53)38-13-5-8-16-43(38)56(46)34-21-19-32(29-54)40(28-34)31-20-23-42(33(27-31)30-55)57-44-17-9-4-12-37(44)49-45(57)25-26-48-51(49)39-14-6-10-18-47(39)58-48;1-52-39-23-18-29(27-44(39)54-41-15-7-3-13-38(41)48-43(54)25-22-36-34-11-5-9-17-46(34)56-50(36)48)32-20-19-31(26-30(32)28-51)53-40-14-6-2-12-37(40)47-42(53)24-21-35-33-10-4-8-16-45(33)55-49(35)47/h3-28H,1-2H3;2-27H. The van der Waals surface area contributed by atoms with Gasteiger partial charge in [-0.1, -0.05) is 208 Å². The second kappa shape index (κ2) is 24.5. The van der Waals surface area contributed by atoms with Gasteiger partial charge in [-0.2, -0.15) is 15.8 Å². The van der Waals surface area contributed by atoms with E-state index in [1.807, 2.05) is 102 Å². The van der Waals surface area contributed by atoms with E-state index in [-0.39, 0.29) is 5.41 Å². The Balaban J connectivity index is 0.000000135. The maximum Gasteiger partial charge on any atom is 0.210 e. The fraction of sp³-hybridized carbons (Fsp3) is 0.0291. The molecule has 16 aromatic carbocycles. The maximum atomic E-state index is 10.8. The van der Waals surface area contributed by atoms with Gasteiger partial charge in [-0.15, -0.1) is 22.7 Å². The number of aromatic nitrogens is 4. The first-order valence-electron chi connectivity index (χ1n) is 38.0. The largest absolute Gasteiger partial charge is 0.456 e. The van der Waals surface area contributed by atoms with Gasteiger partial charge >= 0.3 is 0 Å². The van der Waals surface area contributed by atoms with Crippen molar-refractivity contribution >= 4 is 178 Å². The highest BCUT2D eigenvalue weighted by Gasteiger charge is 2.38. The van der Waals surface area contributed by atoms with Crippen LogP contribution in [0.3, 0.4) is 0 Å². The third-order valence-corrected chi connectivity index (χ3v) is 26.4. The van der Waals surface area contributed by atoms with Gasteiger partial charge in [0.15, 0.2) is 0 Å². The van der Waals surface area contributed by atoms with Crippen molar-refractivity contribution in [3.05, 3.63) is 355 Å². The van der Waals surface area contributed by atoms with Crippen LogP contribution in [0.1, 0.15) is 41.7 Å². The number of fused-ring (bicyclic) bond motifs is 28. The third-order valence-electron chi connectivity index (χ3n) is 24.0. The van der Waals surface area contributed by atoms with E-state index < -0.39 is 0 Å². The first kappa shape index (κ1) is 64.9. The molecule has 0 fully saturated rings. The number of benzene rings is 16. The van der Waals surface area contributed by atoms with Gasteiger partial charge in [-0.05, 0) is 160 Å². The minimum absolute atomic E-state index is 0.180. The minimum Gasteiger partial charge on any atom is -0.456 e. The van der Waals surface area contributed by atoms with E-state index in [9.17, 15) is 15.8 Å². The Morgan fingerprint density at radius 2 is 0.807 bits per heavy atom.